The summed E-state index contributed by atoms with van der Waals surface area (Å²) in [7, 11) is 0. The maximum Gasteiger partial charge on any atom is 0.0275 e. The molecule has 2 nitrogen and oxygen atoms in total. The normalized spacial score (nSPS) is 15.0. The van der Waals surface area contributed by atoms with Gasteiger partial charge in [-0.3, -0.25) is 0 Å². The summed E-state index contributed by atoms with van der Waals surface area (Å²) in [6, 6.07) is 0. The lowest BCUT2D eigenvalue weighted by Crippen LogP contribution is -2.64. The maximum absolute atomic E-state index is 3.57. The molecule has 0 rings (SSSR count). The predicted molar refractivity (Wildman–Crippen MR) is 64.2 cm³/mol. The third-order valence-corrected chi connectivity index (χ3v) is 1.79. The Kier molecular flexibility index (Phi) is 3.80. The molecule has 0 bridgehead atoms. The average molecular weight is 200 g/mol. The van der Waals surface area contributed by atoms with E-state index in [2.05, 4.69) is 72.7 Å². The van der Waals surface area contributed by atoms with Crippen molar-refractivity contribution in [2.45, 2.75) is 78.9 Å². The Balaban J connectivity index is 4.78. The van der Waals surface area contributed by atoms with Crippen molar-refractivity contribution in [3.63, 3.8) is 0 Å². The van der Waals surface area contributed by atoms with Crippen LogP contribution in [0.2, 0.25) is 0 Å². The lowest BCUT2D eigenvalue weighted by atomic mass is 9.98. The lowest BCUT2D eigenvalue weighted by molar-refractivity contribution is -0.0418. The zero-order valence-electron chi connectivity index (χ0n) is 11.4. The van der Waals surface area contributed by atoms with E-state index < -0.39 is 0 Å². The van der Waals surface area contributed by atoms with Crippen LogP contribution in [-0.4, -0.2) is 21.6 Å². The largest absolute Gasteiger partial charge is 0.249 e. The van der Waals surface area contributed by atoms with Gasteiger partial charge in [0.1, 0.15) is 0 Å². The molecule has 1 N–H and O–H groups in total. The fraction of sp³-hybridized carbons (Fsp3) is 1.00. The van der Waals surface area contributed by atoms with Crippen LogP contribution < -0.4 is 5.43 Å². The first-order valence-corrected chi connectivity index (χ1v) is 5.42. The molecule has 0 aromatic rings. The summed E-state index contributed by atoms with van der Waals surface area (Å²) in [4.78, 5) is 0. The second-order valence-electron chi connectivity index (χ2n) is 7.04. The second-order valence-corrected chi connectivity index (χ2v) is 7.04. The molecule has 14 heavy (non-hydrogen) atoms. The van der Waals surface area contributed by atoms with Crippen LogP contribution in [-0.2, 0) is 0 Å². The van der Waals surface area contributed by atoms with E-state index in [4.69, 9.17) is 0 Å². The number of hydrogen-bond acceptors (Lipinski definition) is 2. The first-order chi connectivity index (χ1) is 5.84. The molecule has 0 aromatic heterocycles. The van der Waals surface area contributed by atoms with E-state index in [1.54, 1.807) is 0 Å². The molecule has 0 saturated carbocycles. The zero-order valence-corrected chi connectivity index (χ0v) is 11.4. The van der Waals surface area contributed by atoms with E-state index >= 15 is 0 Å². The Bertz CT molecular complexity index is 162. The van der Waals surface area contributed by atoms with Crippen molar-refractivity contribution in [3.8, 4) is 0 Å². The van der Waals surface area contributed by atoms with E-state index in [1.807, 2.05) is 0 Å². The number of hydrogen-bond donors (Lipinski definition) is 1. The van der Waals surface area contributed by atoms with Gasteiger partial charge >= 0.3 is 0 Å². The average Bonchev–Trinajstić information content (AvgIpc) is 1.75. The molecular weight excluding hydrogens is 172 g/mol. The highest BCUT2D eigenvalue weighted by atomic mass is 15.6. The van der Waals surface area contributed by atoms with Gasteiger partial charge in [-0.2, -0.15) is 0 Å². The molecule has 0 saturated heterocycles. The highest BCUT2D eigenvalue weighted by molar-refractivity contribution is 4.86. The van der Waals surface area contributed by atoms with Gasteiger partial charge in [0.15, 0.2) is 0 Å². The molecule has 0 heterocycles. The second kappa shape index (κ2) is 3.82. The maximum atomic E-state index is 3.57. The van der Waals surface area contributed by atoms with Crippen molar-refractivity contribution in [2.24, 2.45) is 0 Å². The van der Waals surface area contributed by atoms with Crippen molar-refractivity contribution in [1.82, 2.24) is 10.4 Å². The van der Waals surface area contributed by atoms with E-state index in [9.17, 15) is 0 Å². The highest BCUT2D eigenvalue weighted by Gasteiger charge is 2.33. The van der Waals surface area contributed by atoms with Gasteiger partial charge in [0, 0.05) is 16.6 Å². The Morgan fingerprint density at radius 1 is 0.643 bits per heavy atom. The molecule has 0 fully saturated rings. The number of nitrogens with zero attached hydrogens (tertiary/aromatic N) is 1. The van der Waals surface area contributed by atoms with Crippen molar-refractivity contribution >= 4 is 0 Å². The fourth-order valence-corrected chi connectivity index (χ4v) is 1.68. The lowest BCUT2D eigenvalue weighted by Gasteiger charge is -2.48. The van der Waals surface area contributed by atoms with Gasteiger partial charge in [0.05, 0.1) is 0 Å². The van der Waals surface area contributed by atoms with Crippen LogP contribution in [0.5, 0.6) is 0 Å². The molecule has 0 spiro atoms. The summed E-state index contributed by atoms with van der Waals surface area (Å²) in [6.45, 7) is 20.0. The molecule has 0 aromatic carbocycles. The molecule has 0 amide bonds. The van der Waals surface area contributed by atoms with Crippen LogP contribution in [0.25, 0.3) is 0 Å². The highest BCUT2D eigenvalue weighted by Crippen LogP contribution is 2.23. The van der Waals surface area contributed by atoms with Gasteiger partial charge in [-0.1, -0.05) is 0 Å². The Hall–Kier alpha value is -0.0800. The summed E-state index contributed by atoms with van der Waals surface area (Å²) >= 11 is 0. The standard InChI is InChI=1S/C12H28N2/c1-10(2,3)13-14(11(4,5)6)12(7,8)9/h13H,1-9H3. The summed E-state index contributed by atoms with van der Waals surface area (Å²) in [5, 5.41) is 2.33. The van der Waals surface area contributed by atoms with E-state index in [-0.39, 0.29) is 16.6 Å². The third kappa shape index (κ3) is 4.97. The van der Waals surface area contributed by atoms with E-state index in [0.717, 1.165) is 0 Å². The third-order valence-electron chi connectivity index (χ3n) is 1.79. The molecule has 0 unspecified atom stereocenters. The number of rotatable bonds is 1. The van der Waals surface area contributed by atoms with Crippen molar-refractivity contribution < 1.29 is 0 Å². The van der Waals surface area contributed by atoms with Crippen LogP contribution in [0.15, 0.2) is 0 Å². The van der Waals surface area contributed by atoms with E-state index in [0.29, 0.717) is 0 Å². The van der Waals surface area contributed by atoms with Crippen molar-refractivity contribution in [1.29, 1.82) is 0 Å². The molecule has 0 aliphatic carbocycles. The van der Waals surface area contributed by atoms with Crippen LogP contribution in [0.1, 0.15) is 62.3 Å². The fourth-order valence-electron chi connectivity index (χ4n) is 1.68. The topological polar surface area (TPSA) is 15.3 Å². The van der Waals surface area contributed by atoms with Gasteiger partial charge in [0.25, 0.3) is 0 Å². The molecule has 0 radical (unpaired) electrons. The minimum atomic E-state index is 0.112. The summed E-state index contributed by atoms with van der Waals surface area (Å²) < 4.78 is 0. The van der Waals surface area contributed by atoms with Gasteiger partial charge in [-0.25, -0.2) is 10.4 Å². The minimum absolute atomic E-state index is 0.112. The molecule has 2 heteroatoms. The SMILES string of the molecule is CC(C)(C)NN(C(C)(C)C)C(C)(C)C. The Morgan fingerprint density at radius 2 is 0.929 bits per heavy atom. The van der Waals surface area contributed by atoms with Crippen LogP contribution in [0, 0.1) is 0 Å². The smallest absolute Gasteiger partial charge is 0.0275 e. The first-order valence-electron chi connectivity index (χ1n) is 5.42. The van der Waals surface area contributed by atoms with Gasteiger partial charge in [-0.05, 0) is 62.3 Å². The molecular formula is C12H28N2. The summed E-state index contributed by atoms with van der Waals surface area (Å²) in [5.41, 5.74) is 3.94. The number of hydrazine groups is 1. The van der Waals surface area contributed by atoms with Crippen LogP contribution in [0.4, 0.5) is 0 Å². The van der Waals surface area contributed by atoms with Crippen molar-refractivity contribution in [2.75, 3.05) is 0 Å². The zero-order chi connectivity index (χ0) is 11.8. The molecule has 0 atom stereocenters. The molecule has 0 aliphatic rings. The minimum Gasteiger partial charge on any atom is -0.249 e. The quantitative estimate of drug-likeness (QED) is 0.654. The Labute approximate surface area is 90.0 Å². The number of nitrogens with one attached hydrogen (secondary N) is 1. The first kappa shape index (κ1) is 13.9. The predicted octanol–water partition coefficient (Wildman–Crippen LogP) is 3.19. The van der Waals surface area contributed by atoms with Gasteiger partial charge in [-0.15, -0.1) is 0 Å². The monoisotopic (exact) mass is 200 g/mol. The van der Waals surface area contributed by atoms with Gasteiger partial charge < -0.3 is 0 Å². The van der Waals surface area contributed by atoms with Gasteiger partial charge in [0.2, 0.25) is 0 Å². The molecule has 86 valence electrons. The van der Waals surface area contributed by atoms with Crippen LogP contribution in [0.3, 0.4) is 0 Å². The van der Waals surface area contributed by atoms with Crippen LogP contribution >= 0.6 is 0 Å². The van der Waals surface area contributed by atoms with Crippen molar-refractivity contribution in [3.05, 3.63) is 0 Å². The summed E-state index contributed by atoms with van der Waals surface area (Å²) in [5.74, 6) is 0. The molecule has 0 aliphatic heterocycles. The Morgan fingerprint density at radius 3 is 1.00 bits per heavy atom. The summed E-state index contributed by atoms with van der Waals surface area (Å²) in [6.07, 6.45) is 0. The van der Waals surface area contributed by atoms with E-state index in [1.165, 1.54) is 0 Å².